The average Bonchev–Trinajstić information content (AvgIpc) is 2.85. The molecule has 0 fully saturated rings. The lowest BCUT2D eigenvalue weighted by Crippen LogP contribution is -2.12. The predicted octanol–water partition coefficient (Wildman–Crippen LogP) is 4.43. The van der Waals surface area contributed by atoms with Gasteiger partial charge in [0.2, 0.25) is 0 Å². The Hall–Kier alpha value is -0.480. The molecule has 1 aromatic heterocycles. The highest BCUT2D eigenvalue weighted by molar-refractivity contribution is 7.98. The smallest absolute Gasteiger partial charge is 0.0438 e. The van der Waals surface area contributed by atoms with E-state index in [1.807, 2.05) is 41.3 Å². The van der Waals surface area contributed by atoms with Gasteiger partial charge in [-0.05, 0) is 41.9 Å². The molecule has 1 unspecified atom stereocenters. The van der Waals surface area contributed by atoms with Gasteiger partial charge in [-0.2, -0.15) is 11.8 Å². The first-order chi connectivity index (χ1) is 9.24. The van der Waals surface area contributed by atoms with E-state index in [1.165, 1.54) is 27.5 Å². The average molecular weight is 310 g/mol. The summed E-state index contributed by atoms with van der Waals surface area (Å²) in [5, 5.41) is 0.815. The van der Waals surface area contributed by atoms with Crippen LogP contribution in [0.2, 0.25) is 5.02 Å². The predicted molar refractivity (Wildman–Crippen MR) is 86.3 cm³/mol. The molecule has 0 saturated heterocycles. The maximum Gasteiger partial charge on any atom is 0.0438 e. The van der Waals surface area contributed by atoms with Crippen LogP contribution >= 0.6 is 34.7 Å². The van der Waals surface area contributed by atoms with Crippen LogP contribution in [0.1, 0.15) is 26.9 Å². The summed E-state index contributed by atoms with van der Waals surface area (Å²) in [4.78, 5) is 2.83. The number of thiophene rings is 1. The molecule has 0 amide bonds. The summed E-state index contributed by atoms with van der Waals surface area (Å²) in [6.07, 6.45) is 2.01. The molecule has 100 valence electrons. The normalized spacial score (nSPS) is 16.1. The van der Waals surface area contributed by atoms with Crippen molar-refractivity contribution in [3.05, 3.63) is 56.2 Å². The third-order valence-corrected chi connectivity index (χ3v) is 6.16. The van der Waals surface area contributed by atoms with E-state index in [-0.39, 0.29) is 6.04 Å². The molecule has 2 heterocycles. The van der Waals surface area contributed by atoms with Crippen LogP contribution in [0, 0.1) is 0 Å². The van der Waals surface area contributed by atoms with Gasteiger partial charge in [0.1, 0.15) is 0 Å². The van der Waals surface area contributed by atoms with Gasteiger partial charge in [-0.15, -0.1) is 11.3 Å². The van der Waals surface area contributed by atoms with E-state index >= 15 is 0 Å². The van der Waals surface area contributed by atoms with Gasteiger partial charge in [0.15, 0.2) is 0 Å². The standard InChI is InChI=1S/C15H16ClNS2/c16-12-4-2-1-3-10(12)7-13(17)15-8-11-9-18-6-5-14(11)19-15/h1-4,8,13H,5-7,9,17H2. The second-order valence-electron chi connectivity index (χ2n) is 4.80. The molecule has 19 heavy (non-hydrogen) atoms. The van der Waals surface area contributed by atoms with Crippen LogP contribution in [0.15, 0.2) is 30.3 Å². The highest BCUT2D eigenvalue weighted by atomic mass is 35.5. The second-order valence-corrected chi connectivity index (χ2v) is 7.48. The Labute approximate surface area is 127 Å². The van der Waals surface area contributed by atoms with E-state index < -0.39 is 0 Å². The van der Waals surface area contributed by atoms with E-state index in [4.69, 9.17) is 17.3 Å². The maximum atomic E-state index is 6.35. The first-order valence-corrected chi connectivity index (χ1v) is 8.77. The Morgan fingerprint density at radius 1 is 1.32 bits per heavy atom. The summed E-state index contributed by atoms with van der Waals surface area (Å²) in [5.41, 5.74) is 8.98. The zero-order valence-corrected chi connectivity index (χ0v) is 13.0. The summed E-state index contributed by atoms with van der Waals surface area (Å²) in [6, 6.07) is 10.3. The van der Waals surface area contributed by atoms with Crippen LogP contribution in [-0.2, 0) is 18.6 Å². The fraction of sp³-hybridized carbons (Fsp3) is 0.333. The lowest BCUT2D eigenvalue weighted by Gasteiger charge is -2.10. The molecule has 2 N–H and O–H groups in total. The van der Waals surface area contributed by atoms with Gasteiger partial charge >= 0.3 is 0 Å². The minimum Gasteiger partial charge on any atom is -0.323 e. The molecule has 1 aliphatic heterocycles. The van der Waals surface area contributed by atoms with E-state index in [0.29, 0.717) is 0 Å². The van der Waals surface area contributed by atoms with Crippen LogP contribution < -0.4 is 5.73 Å². The second kappa shape index (κ2) is 5.88. The van der Waals surface area contributed by atoms with Crippen molar-refractivity contribution < 1.29 is 0 Å². The van der Waals surface area contributed by atoms with Crippen LogP contribution in [0.5, 0.6) is 0 Å². The summed E-state index contributed by atoms with van der Waals surface area (Å²) in [7, 11) is 0. The number of hydrogen-bond donors (Lipinski definition) is 1. The van der Waals surface area contributed by atoms with E-state index in [2.05, 4.69) is 12.1 Å². The third kappa shape index (κ3) is 3.00. The van der Waals surface area contributed by atoms with Crippen LogP contribution in [0.25, 0.3) is 0 Å². The van der Waals surface area contributed by atoms with Crippen molar-refractivity contribution in [1.29, 1.82) is 0 Å². The summed E-state index contributed by atoms with van der Waals surface area (Å²) < 4.78 is 0. The lowest BCUT2D eigenvalue weighted by atomic mass is 10.0. The highest BCUT2D eigenvalue weighted by Gasteiger charge is 2.17. The van der Waals surface area contributed by atoms with Gasteiger partial charge in [0.25, 0.3) is 0 Å². The SMILES string of the molecule is NC(Cc1ccccc1Cl)c1cc2c(s1)CCSC2. The zero-order valence-electron chi connectivity index (χ0n) is 10.6. The maximum absolute atomic E-state index is 6.35. The van der Waals surface area contributed by atoms with Crippen molar-refractivity contribution in [3.8, 4) is 0 Å². The van der Waals surface area contributed by atoms with Crippen molar-refractivity contribution in [3.63, 3.8) is 0 Å². The quantitative estimate of drug-likeness (QED) is 0.907. The minimum absolute atomic E-state index is 0.0560. The molecule has 1 nitrogen and oxygen atoms in total. The van der Waals surface area contributed by atoms with E-state index in [0.717, 1.165) is 22.8 Å². The molecule has 4 heteroatoms. The first-order valence-electron chi connectivity index (χ1n) is 6.42. The number of hydrogen-bond acceptors (Lipinski definition) is 3. The van der Waals surface area contributed by atoms with Gasteiger partial charge in [-0.3, -0.25) is 0 Å². The molecule has 3 rings (SSSR count). The molecule has 1 atom stereocenters. The summed E-state index contributed by atoms with van der Waals surface area (Å²) >= 11 is 10.1. The molecular formula is C15H16ClNS2. The molecular weight excluding hydrogens is 294 g/mol. The highest BCUT2D eigenvalue weighted by Crippen LogP contribution is 2.35. The third-order valence-electron chi connectivity index (χ3n) is 3.41. The van der Waals surface area contributed by atoms with Crippen LogP contribution in [-0.4, -0.2) is 5.75 Å². The van der Waals surface area contributed by atoms with Gasteiger partial charge in [0, 0.05) is 26.6 Å². The molecule has 1 aromatic carbocycles. The Balaban J connectivity index is 1.79. The molecule has 0 saturated carbocycles. The van der Waals surface area contributed by atoms with E-state index in [9.17, 15) is 0 Å². The number of aryl methyl sites for hydroxylation is 1. The summed E-state index contributed by atoms with van der Waals surface area (Å²) in [5.74, 6) is 2.39. The first kappa shape index (κ1) is 13.5. The number of rotatable bonds is 3. The zero-order chi connectivity index (χ0) is 13.2. The number of halogens is 1. The van der Waals surface area contributed by atoms with Crippen molar-refractivity contribution in [2.24, 2.45) is 5.73 Å². The fourth-order valence-corrected chi connectivity index (χ4v) is 4.94. The molecule has 2 aromatic rings. The molecule has 0 aliphatic carbocycles. The van der Waals surface area contributed by atoms with Gasteiger partial charge < -0.3 is 5.73 Å². The fourth-order valence-electron chi connectivity index (χ4n) is 2.35. The van der Waals surface area contributed by atoms with Crippen molar-refractivity contribution >= 4 is 34.7 Å². The van der Waals surface area contributed by atoms with Crippen molar-refractivity contribution in [1.82, 2.24) is 0 Å². The molecule has 0 radical (unpaired) electrons. The number of thioether (sulfide) groups is 1. The largest absolute Gasteiger partial charge is 0.323 e. The monoisotopic (exact) mass is 309 g/mol. The van der Waals surface area contributed by atoms with Gasteiger partial charge in [0.05, 0.1) is 0 Å². The number of fused-ring (bicyclic) bond motifs is 1. The Morgan fingerprint density at radius 2 is 2.16 bits per heavy atom. The Kier molecular flexibility index (Phi) is 4.18. The molecule has 0 spiro atoms. The lowest BCUT2D eigenvalue weighted by molar-refractivity contribution is 0.736. The van der Waals surface area contributed by atoms with Gasteiger partial charge in [-0.25, -0.2) is 0 Å². The number of nitrogens with two attached hydrogens (primary N) is 1. The van der Waals surface area contributed by atoms with E-state index in [1.54, 1.807) is 0 Å². The minimum atomic E-state index is 0.0560. The molecule has 0 bridgehead atoms. The summed E-state index contributed by atoms with van der Waals surface area (Å²) in [6.45, 7) is 0. The Morgan fingerprint density at radius 3 is 2.95 bits per heavy atom. The van der Waals surface area contributed by atoms with Gasteiger partial charge in [-0.1, -0.05) is 29.8 Å². The van der Waals surface area contributed by atoms with Crippen molar-refractivity contribution in [2.75, 3.05) is 5.75 Å². The van der Waals surface area contributed by atoms with Crippen LogP contribution in [0.3, 0.4) is 0 Å². The molecule has 1 aliphatic rings. The Bertz CT molecular complexity index is 556. The van der Waals surface area contributed by atoms with Crippen LogP contribution in [0.4, 0.5) is 0 Å². The van der Waals surface area contributed by atoms with Crippen molar-refractivity contribution in [2.45, 2.75) is 24.6 Å². The number of benzene rings is 1. The topological polar surface area (TPSA) is 26.0 Å².